The second-order valence-electron chi connectivity index (χ2n) is 6.85. The van der Waals surface area contributed by atoms with E-state index in [2.05, 4.69) is 4.72 Å². The number of piperidine rings is 1. The Labute approximate surface area is 146 Å². The monoisotopic (exact) mass is 382 g/mol. The van der Waals surface area contributed by atoms with E-state index < -0.39 is 20.4 Å². The number of nitrogens with zero attached hydrogens (tertiary/aromatic N) is 3. The van der Waals surface area contributed by atoms with Gasteiger partial charge in [-0.1, -0.05) is 13.8 Å². The molecule has 0 bridgehead atoms. The average Bonchev–Trinajstić information content (AvgIpc) is 3.23. The molecule has 0 aromatic heterocycles. The molecule has 2 fully saturated rings. The van der Waals surface area contributed by atoms with E-state index in [-0.39, 0.29) is 5.41 Å². The third kappa shape index (κ3) is 3.94. The lowest BCUT2D eigenvalue weighted by Gasteiger charge is -2.34. The molecule has 1 aliphatic carbocycles. The van der Waals surface area contributed by atoms with E-state index in [0.717, 1.165) is 19.3 Å². The highest BCUT2D eigenvalue weighted by atomic mass is 32.2. The summed E-state index contributed by atoms with van der Waals surface area (Å²) in [6.07, 6.45) is 2.59. The number of nitrogens with one attached hydrogen (secondary N) is 1. The van der Waals surface area contributed by atoms with Gasteiger partial charge in [-0.25, -0.2) is 4.72 Å². The van der Waals surface area contributed by atoms with Crippen molar-refractivity contribution in [3.05, 3.63) is 0 Å². The lowest BCUT2D eigenvalue weighted by molar-refractivity contribution is 0.230. The van der Waals surface area contributed by atoms with Gasteiger partial charge in [-0.2, -0.15) is 29.8 Å². The fraction of sp³-hybridized carbons (Fsp3) is 1.00. The zero-order chi connectivity index (χ0) is 18.2. The summed E-state index contributed by atoms with van der Waals surface area (Å²) >= 11 is 0. The van der Waals surface area contributed by atoms with Crippen LogP contribution in [0.1, 0.15) is 33.1 Å². The predicted octanol–water partition coefficient (Wildman–Crippen LogP) is 0.0711. The maximum Gasteiger partial charge on any atom is 0.281 e. The van der Waals surface area contributed by atoms with E-state index >= 15 is 0 Å². The van der Waals surface area contributed by atoms with E-state index in [1.807, 2.05) is 6.92 Å². The van der Waals surface area contributed by atoms with Crippen molar-refractivity contribution in [1.82, 2.24) is 17.6 Å². The molecule has 1 unspecified atom stereocenters. The highest BCUT2D eigenvalue weighted by molar-refractivity contribution is 7.87. The van der Waals surface area contributed by atoms with Gasteiger partial charge in [-0.05, 0) is 30.6 Å². The van der Waals surface area contributed by atoms with E-state index in [9.17, 15) is 16.8 Å². The highest BCUT2D eigenvalue weighted by Crippen LogP contribution is 2.59. The van der Waals surface area contributed by atoms with Gasteiger partial charge >= 0.3 is 0 Å². The third-order valence-electron chi connectivity index (χ3n) is 5.61. The lowest BCUT2D eigenvalue weighted by Crippen LogP contribution is -2.46. The molecule has 2 aliphatic rings. The quantitative estimate of drug-likeness (QED) is 0.643. The first-order valence-electron chi connectivity index (χ1n) is 8.51. The van der Waals surface area contributed by atoms with E-state index in [1.54, 1.807) is 25.3 Å². The number of hydrogen-bond donors (Lipinski definition) is 1. The fourth-order valence-electron chi connectivity index (χ4n) is 3.34. The summed E-state index contributed by atoms with van der Waals surface area (Å²) in [6, 6.07) is 0. The van der Waals surface area contributed by atoms with E-state index in [0.29, 0.717) is 38.6 Å². The smallest absolute Gasteiger partial charge is 0.202 e. The molecule has 1 N–H and O–H groups in total. The first-order chi connectivity index (χ1) is 11.1. The Balaban J connectivity index is 1.86. The van der Waals surface area contributed by atoms with Gasteiger partial charge in [0, 0.05) is 46.8 Å². The number of rotatable bonds is 8. The molecule has 1 atom stereocenters. The standard InChI is InChI=1S/C14H30N4O4S2/c1-5-16(3)23(19,20)15-12-13-11-14(13)7-9-18(10-8-14)24(21,22)17(4)6-2/h13,15H,5-12H2,1-4H3. The fourth-order valence-corrected chi connectivity index (χ4v) is 5.68. The molecular weight excluding hydrogens is 352 g/mol. The molecule has 1 aliphatic heterocycles. The molecule has 10 heteroatoms. The molecule has 142 valence electrons. The van der Waals surface area contributed by atoms with Crippen molar-refractivity contribution in [2.45, 2.75) is 33.1 Å². The molecule has 1 heterocycles. The Hall–Kier alpha value is -0.260. The van der Waals surface area contributed by atoms with Crippen LogP contribution in [-0.2, 0) is 20.4 Å². The van der Waals surface area contributed by atoms with Crippen LogP contribution in [0.4, 0.5) is 0 Å². The predicted molar refractivity (Wildman–Crippen MR) is 93.8 cm³/mol. The number of hydrogen-bond acceptors (Lipinski definition) is 4. The molecule has 0 aromatic carbocycles. The molecule has 1 saturated heterocycles. The van der Waals surface area contributed by atoms with E-state index in [1.165, 1.54) is 8.61 Å². The summed E-state index contributed by atoms with van der Waals surface area (Å²) in [6.45, 7) is 5.98. The highest BCUT2D eigenvalue weighted by Gasteiger charge is 2.55. The Bertz CT molecular complexity index is 642. The Morgan fingerprint density at radius 3 is 2.08 bits per heavy atom. The lowest BCUT2D eigenvalue weighted by atomic mass is 9.92. The minimum Gasteiger partial charge on any atom is -0.202 e. The largest absolute Gasteiger partial charge is 0.281 e. The van der Waals surface area contributed by atoms with Gasteiger partial charge < -0.3 is 0 Å². The molecule has 0 amide bonds. The van der Waals surface area contributed by atoms with Gasteiger partial charge in [0.15, 0.2) is 0 Å². The van der Waals surface area contributed by atoms with Gasteiger partial charge in [0.2, 0.25) is 0 Å². The van der Waals surface area contributed by atoms with Crippen LogP contribution in [0.3, 0.4) is 0 Å². The zero-order valence-electron chi connectivity index (χ0n) is 15.0. The normalized spacial score (nSPS) is 24.8. The van der Waals surface area contributed by atoms with Crippen LogP contribution in [0.15, 0.2) is 0 Å². The van der Waals surface area contributed by atoms with Crippen molar-refractivity contribution in [1.29, 1.82) is 0 Å². The summed E-state index contributed by atoms with van der Waals surface area (Å²) in [5, 5.41) is 0. The van der Waals surface area contributed by atoms with Crippen LogP contribution in [0.2, 0.25) is 0 Å². The Kier molecular flexibility index (Phi) is 5.98. The molecule has 0 radical (unpaired) electrons. The van der Waals surface area contributed by atoms with Crippen LogP contribution in [-0.4, -0.2) is 76.6 Å². The van der Waals surface area contributed by atoms with Crippen molar-refractivity contribution in [3.8, 4) is 0 Å². The Morgan fingerprint density at radius 1 is 1.04 bits per heavy atom. The van der Waals surface area contributed by atoms with Crippen LogP contribution >= 0.6 is 0 Å². The van der Waals surface area contributed by atoms with Crippen molar-refractivity contribution >= 4 is 20.4 Å². The van der Waals surface area contributed by atoms with Gasteiger partial charge in [-0.3, -0.25) is 0 Å². The van der Waals surface area contributed by atoms with Crippen molar-refractivity contribution in [3.63, 3.8) is 0 Å². The summed E-state index contributed by atoms with van der Waals surface area (Å²) in [7, 11) is -3.60. The second kappa shape index (κ2) is 7.16. The van der Waals surface area contributed by atoms with Crippen molar-refractivity contribution < 1.29 is 16.8 Å². The minimum absolute atomic E-state index is 0.115. The molecule has 2 rings (SSSR count). The first kappa shape index (κ1) is 20.1. The van der Waals surface area contributed by atoms with Gasteiger partial charge in [0.1, 0.15) is 0 Å². The van der Waals surface area contributed by atoms with Crippen LogP contribution in [0, 0.1) is 11.3 Å². The topological polar surface area (TPSA) is 90.0 Å². The summed E-state index contributed by atoms with van der Waals surface area (Å²) < 4.78 is 55.5. The molecule has 1 saturated carbocycles. The molecule has 0 aromatic rings. The van der Waals surface area contributed by atoms with Gasteiger partial charge in [0.05, 0.1) is 0 Å². The van der Waals surface area contributed by atoms with Gasteiger partial charge in [-0.15, -0.1) is 0 Å². The Morgan fingerprint density at radius 2 is 1.58 bits per heavy atom. The minimum atomic E-state index is -3.40. The summed E-state index contributed by atoms with van der Waals surface area (Å²) in [5.74, 6) is 0.311. The maximum absolute atomic E-state index is 12.3. The molecule has 8 nitrogen and oxygen atoms in total. The SMILES string of the molecule is CCN(C)S(=O)(=O)NCC1CC12CCN(S(=O)(=O)N(C)CC)CC2. The third-order valence-corrected chi connectivity index (χ3v) is 9.28. The second-order valence-corrected chi connectivity index (χ2v) is 10.7. The van der Waals surface area contributed by atoms with Crippen LogP contribution in [0.5, 0.6) is 0 Å². The summed E-state index contributed by atoms with van der Waals surface area (Å²) in [4.78, 5) is 0. The average molecular weight is 383 g/mol. The van der Waals surface area contributed by atoms with Gasteiger partial charge in [0.25, 0.3) is 20.4 Å². The first-order valence-corrected chi connectivity index (χ1v) is 11.3. The van der Waals surface area contributed by atoms with Crippen molar-refractivity contribution in [2.24, 2.45) is 11.3 Å². The van der Waals surface area contributed by atoms with Crippen LogP contribution < -0.4 is 4.72 Å². The summed E-state index contributed by atoms with van der Waals surface area (Å²) in [5.41, 5.74) is 0.115. The van der Waals surface area contributed by atoms with Crippen LogP contribution in [0.25, 0.3) is 0 Å². The zero-order valence-corrected chi connectivity index (χ0v) is 16.7. The van der Waals surface area contributed by atoms with Crippen molar-refractivity contribution in [2.75, 3.05) is 46.8 Å². The molecule has 24 heavy (non-hydrogen) atoms. The molecule has 1 spiro atoms. The maximum atomic E-state index is 12.3. The van der Waals surface area contributed by atoms with E-state index in [4.69, 9.17) is 0 Å². The molecular formula is C14H30N4O4S2.